The van der Waals surface area contributed by atoms with Crippen molar-refractivity contribution in [3.63, 3.8) is 0 Å². The van der Waals surface area contributed by atoms with E-state index in [-0.39, 0.29) is 11.7 Å². The van der Waals surface area contributed by atoms with Crippen LogP contribution in [-0.2, 0) is 17.0 Å². The number of nitrogens with zero attached hydrogens (tertiary/aromatic N) is 2. The highest BCUT2D eigenvalue weighted by Gasteiger charge is 2.09. The van der Waals surface area contributed by atoms with Gasteiger partial charge in [-0.2, -0.15) is 16.7 Å². The second-order valence-corrected chi connectivity index (χ2v) is 7.03. The van der Waals surface area contributed by atoms with Crippen molar-refractivity contribution in [2.75, 3.05) is 11.1 Å². The van der Waals surface area contributed by atoms with E-state index in [0.29, 0.717) is 35.3 Å². The summed E-state index contributed by atoms with van der Waals surface area (Å²) in [5, 5.41) is 6.68. The maximum absolute atomic E-state index is 13.1. The van der Waals surface area contributed by atoms with Crippen molar-refractivity contribution in [1.82, 2.24) is 10.1 Å². The standard InChI is InChI=1S/C20H20FN3O2S/c1-2-14-6-8-15(9-7-14)20-23-19(26-24-20)13-27-11-10-18(25)22-17-5-3-4-16(21)12-17/h3-9,12H,2,10-11,13H2,1H3,(H,22,25). The first-order valence-electron chi connectivity index (χ1n) is 8.69. The molecule has 3 aromatic rings. The normalized spacial score (nSPS) is 10.7. The number of thioether (sulfide) groups is 1. The van der Waals surface area contributed by atoms with E-state index in [4.69, 9.17) is 4.52 Å². The van der Waals surface area contributed by atoms with Crippen LogP contribution >= 0.6 is 11.8 Å². The molecule has 0 saturated heterocycles. The van der Waals surface area contributed by atoms with Gasteiger partial charge in [-0.05, 0) is 30.2 Å². The van der Waals surface area contributed by atoms with Gasteiger partial charge in [-0.15, -0.1) is 0 Å². The molecule has 1 amide bonds. The molecule has 0 aliphatic carbocycles. The number of rotatable bonds is 8. The van der Waals surface area contributed by atoms with Crippen LogP contribution in [0.3, 0.4) is 0 Å². The third-order valence-electron chi connectivity index (χ3n) is 3.90. The quantitative estimate of drug-likeness (QED) is 0.569. The molecule has 0 radical (unpaired) electrons. The van der Waals surface area contributed by atoms with Crippen molar-refractivity contribution >= 4 is 23.4 Å². The molecule has 0 bridgehead atoms. The summed E-state index contributed by atoms with van der Waals surface area (Å²) in [6, 6.07) is 13.9. The molecule has 0 aliphatic heterocycles. The lowest BCUT2D eigenvalue weighted by atomic mass is 10.1. The summed E-state index contributed by atoms with van der Waals surface area (Å²) >= 11 is 1.53. The molecule has 5 nitrogen and oxygen atoms in total. The second kappa shape index (κ2) is 9.32. The number of aryl methyl sites for hydroxylation is 1. The third-order valence-corrected chi connectivity index (χ3v) is 4.84. The Hall–Kier alpha value is -2.67. The summed E-state index contributed by atoms with van der Waals surface area (Å²) < 4.78 is 18.4. The molecule has 0 spiro atoms. The third kappa shape index (κ3) is 5.65. The van der Waals surface area contributed by atoms with Crippen LogP contribution in [0.1, 0.15) is 24.8 Å². The Morgan fingerprint density at radius 1 is 1.22 bits per heavy atom. The van der Waals surface area contributed by atoms with E-state index < -0.39 is 0 Å². The highest BCUT2D eigenvalue weighted by Crippen LogP contribution is 2.19. The topological polar surface area (TPSA) is 68.0 Å². The fourth-order valence-electron chi connectivity index (χ4n) is 2.43. The zero-order valence-electron chi connectivity index (χ0n) is 14.9. The average Bonchev–Trinajstić information content (AvgIpc) is 3.14. The number of amides is 1. The number of nitrogens with one attached hydrogen (secondary N) is 1. The van der Waals surface area contributed by atoms with Crippen molar-refractivity contribution in [3.8, 4) is 11.4 Å². The molecule has 7 heteroatoms. The molecule has 2 aromatic carbocycles. The molecule has 0 unspecified atom stereocenters. The van der Waals surface area contributed by atoms with Gasteiger partial charge in [0.1, 0.15) is 5.82 Å². The maximum atomic E-state index is 13.1. The maximum Gasteiger partial charge on any atom is 0.236 e. The molecule has 0 aliphatic rings. The molecule has 3 rings (SSSR count). The molecule has 140 valence electrons. The molecule has 1 N–H and O–H groups in total. The van der Waals surface area contributed by atoms with Crippen molar-refractivity contribution in [2.45, 2.75) is 25.5 Å². The van der Waals surface area contributed by atoms with Crippen molar-refractivity contribution in [1.29, 1.82) is 0 Å². The van der Waals surface area contributed by atoms with Gasteiger partial charge in [0.25, 0.3) is 0 Å². The minimum atomic E-state index is -0.376. The summed E-state index contributed by atoms with van der Waals surface area (Å²) in [6.07, 6.45) is 1.31. The second-order valence-electron chi connectivity index (χ2n) is 5.92. The van der Waals surface area contributed by atoms with E-state index in [0.717, 1.165) is 12.0 Å². The monoisotopic (exact) mass is 385 g/mol. The van der Waals surface area contributed by atoms with Crippen LogP contribution in [0.5, 0.6) is 0 Å². The number of hydrogen-bond donors (Lipinski definition) is 1. The van der Waals surface area contributed by atoms with Crippen LogP contribution in [0.15, 0.2) is 53.1 Å². The molecule has 1 heterocycles. The first kappa shape index (κ1) is 19.1. The van der Waals surface area contributed by atoms with Gasteiger partial charge in [0.05, 0.1) is 5.75 Å². The first-order chi connectivity index (χ1) is 13.1. The SMILES string of the molecule is CCc1ccc(-c2noc(CSCCC(=O)Nc3cccc(F)c3)n2)cc1. The molecule has 0 saturated carbocycles. The summed E-state index contributed by atoms with van der Waals surface area (Å²) in [5.41, 5.74) is 2.64. The van der Waals surface area contributed by atoms with Gasteiger partial charge in [-0.25, -0.2) is 4.39 Å². The molecule has 1 aromatic heterocycles. The minimum absolute atomic E-state index is 0.157. The average molecular weight is 385 g/mol. The summed E-state index contributed by atoms with van der Waals surface area (Å²) in [6.45, 7) is 2.11. The number of carbonyl (C=O) groups is 1. The predicted molar refractivity (Wildman–Crippen MR) is 105 cm³/mol. The molecule has 0 fully saturated rings. The number of halogens is 1. The highest BCUT2D eigenvalue weighted by atomic mass is 32.2. The molecular formula is C20H20FN3O2S. The lowest BCUT2D eigenvalue weighted by Crippen LogP contribution is -2.12. The zero-order chi connectivity index (χ0) is 19.1. The molecular weight excluding hydrogens is 365 g/mol. The van der Waals surface area contributed by atoms with E-state index in [1.807, 2.05) is 12.1 Å². The fraction of sp³-hybridized carbons (Fsp3) is 0.250. The lowest BCUT2D eigenvalue weighted by Gasteiger charge is -2.04. The Bertz CT molecular complexity index is 896. The lowest BCUT2D eigenvalue weighted by molar-refractivity contribution is -0.115. The molecule has 27 heavy (non-hydrogen) atoms. The summed E-state index contributed by atoms with van der Waals surface area (Å²) in [7, 11) is 0. The summed E-state index contributed by atoms with van der Waals surface area (Å²) in [4.78, 5) is 16.3. The van der Waals surface area contributed by atoms with Crippen LogP contribution in [0.25, 0.3) is 11.4 Å². The van der Waals surface area contributed by atoms with Gasteiger partial charge in [0.2, 0.25) is 17.6 Å². The summed E-state index contributed by atoms with van der Waals surface area (Å²) in [5.74, 6) is 1.70. The van der Waals surface area contributed by atoms with Crippen LogP contribution in [0.2, 0.25) is 0 Å². The van der Waals surface area contributed by atoms with E-state index in [2.05, 4.69) is 34.5 Å². The Morgan fingerprint density at radius 3 is 2.78 bits per heavy atom. The zero-order valence-corrected chi connectivity index (χ0v) is 15.8. The Kier molecular flexibility index (Phi) is 6.59. The van der Waals surface area contributed by atoms with Gasteiger partial charge >= 0.3 is 0 Å². The van der Waals surface area contributed by atoms with Gasteiger partial charge < -0.3 is 9.84 Å². The number of anilines is 1. The van der Waals surface area contributed by atoms with Gasteiger partial charge in [0, 0.05) is 23.4 Å². The van der Waals surface area contributed by atoms with Crippen molar-refractivity contribution in [2.24, 2.45) is 0 Å². The van der Waals surface area contributed by atoms with Crippen LogP contribution < -0.4 is 5.32 Å². The van der Waals surface area contributed by atoms with Gasteiger partial charge in [-0.3, -0.25) is 4.79 Å². The Morgan fingerprint density at radius 2 is 2.04 bits per heavy atom. The van der Waals surface area contributed by atoms with Gasteiger partial charge in [-0.1, -0.05) is 42.4 Å². The van der Waals surface area contributed by atoms with E-state index in [1.165, 1.54) is 29.5 Å². The van der Waals surface area contributed by atoms with Crippen molar-refractivity contribution < 1.29 is 13.7 Å². The van der Waals surface area contributed by atoms with Crippen LogP contribution in [0.4, 0.5) is 10.1 Å². The van der Waals surface area contributed by atoms with Crippen LogP contribution in [0, 0.1) is 5.82 Å². The van der Waals surface area contributed by atoms with E-state index in [1.54, 1.807) is 12.1 Å². The smallest absolute Gasteiger partial charge is 0.236 e. The van der Waals surface area contributed by atoms with E-state index in [9.17, 15) is 9.18 Å². The predicted octanol–water partition coefficient (Wildman–Crippen LogP) is 4.70. The van der Waals surface area contributed by atoms with Crippen LogP contribution in [-0.4, -0.2) is 21.8 Å². The highest BCUT2D eigenvalue weighted by molar-refractivity contribution is 7.98. The Balaban J connectivity index is 1.43. The largest absolute Gasteiger partial charge is 0.338 e. The van der Waals surface area contributed by atoms with Crippen molar-refractivity contribution in [3.05, 3.63) is 65.8 Å². The molecule has 0 atom stereocenters. The first-order valence-corrected chi connectivity index (χ1v) is 9.84. The number of hydrogen-bond acceptors (Lipinski definition) is 5. The fourth-order valence-corrected chi connectivity index (χ4v) is 3.20. The number of benzene rings is 2. The Labute approximate surface area is 161 Å². The van der Waals surface area contributed by atoms with Gasteiger partial charge in [0.15, 0.2) is 0 Å². The number of aromatic nitrogens is 2. The minimum Gasteiger partial charge on any atom is -0.338 e. The number of carbonyl (C=O) groups excluding carboxylic acids is 1. The van der Waals surface area contributed by atoms with E-state index >= 15 is 0 Å².